The molecule has 0 fully saturated rings. The van der Waals surface area contributed by atoms with Crippen molar-refractivity contribution in [3.05, 3.63) is 47.9 Å². The topological polar surface area (TPSA) is 87.7 Å². The van der Waals surface area contributed by atoms with Gasteiger partial charge in [0.1, 0.15) is 0 Å². The Bertz CT molecular complexity index is 745. The van der Waals surface area contributed by atoms with Crippen LogP contribution in [0.3, 0.4) is 0 Å². The van der Waals surface area contributed by atoms with Crippen molar-refractivity contribution in [3.8, 4) is 0 Å². The van der Waals surface area contributed by atoms with Crippen LogP contribution in [0, 0.1) is 5.41 Å². The summed E-state index contributed by atoms with van der Waals surface area (Å²) in [4.78, 5) is 0. The summed E-state index contributed by atoms with van der Waals surface area (Å²) in [5.41, 5.74) is 9.36. The van der Waals surface area contributed by atoms with Crippen LogP contribution in [0.25, 0.3) is 21.9 Å². The third-order valence-corrected chi connectivity index (χ3v) is 3.72. The Morgan fingerprint density at radius 2 is 2.24 bits per heavy atom. The molecule has 0 bridgehead atoms. The lowest BCUT2D eigenvalue weighted by Crippen LogP contribution is -2.20. The van der Waals surface area contributed by atoms with Crippen LogP contribution in [0.2, 0.25) is 0 Å². The maximum atomic E-state index is 7.49. The molecule has 2 aromatic rings. The number of rotatable bonds is 3. The maximum absolute atomic E-state index is 7.49. The van der Waals surface area contributed by atoms with Crippen LogP contribution in [0.1, 0.15) is 17.7 Å². The first-order valence-electron chi connectivity index (χ1n) is 6.92. The van der Waals surface area contributed by atoms with Gasteiger partial charge in [-0.25, -0.2) is 0 Å². The quantitative estimate of drug-likeness (QED) is 0.749. The Morgan fingerprint density at radius 1 is 1.33 bits per heavy atom. The summed E-state index contributed by atoms with van der Waals surface area (Å²) in [6.07, 6.45) is 7.56. The Kier molecular flexibility index (Phi) is 3.75. The molecule has 5 nitrogen and oxygen atoms in total. The van der Waals surface area contributed by atoms with Crippen LogP contribution in [-0.2, 0) is 0 Å². The third-order valence-electron chi connectivity index (χ3n) is 3.72. The van der Waals surface area contributed by atoms with Gasteiger partial charge in [0.15, 0.2) is 0 Å². The van der Waals surface area contributed by atoms with Crippen molar-refractivity contribution in [3.63, 3.8) is 0 Å². The Balaban J connectivity index is 2.23. The number of fused-ring (bicyclic) bond motifs is 1. The second-order valence-corrected chi connectivity index (χ2v) is 4.91. The van der Waals surface area contributed by atoms with Crippen LogP contribution in [-0.4, -0.2) is 29.5 Å². The van der Waals surface area contributed by atoms with Gasteiger partial charge in [0.2, 0.25) is 0 Å². The van der Waals surface area contributed by atoms with Crippen molar-refractivity contribution < 1.29 is 0 Å². The molecule has 4 N–H and O–H groups in total. The molecule has 1 aromatic heterocycles. The van der Waals surface area contributed by atoms with Crippen LogP contribution in [0.4, 0.5) is 0 Å². The van der Waals surface area contributed by atoms with Crippen LogP contribution >= 0.6 is 0 Å². The summed E-state index contributed by atoms with van der Waals surface area (Å²) in [5.74, 6) is 0. The van der Waals surface area contributed by atoms with E-state index < -0.39 is 0 Å². The fourth-order valence-corrected chi connectivity index (χ4v) is 2.65. The van der Waals surface area contributed by atoms with Gasteiger partial charge in [-0.2, -0.15) is 10.2 Å². The SMILES string of the molecule is N=C/C(=C\N)c1cccc2c(C3=CCNCC3)nncc12. The molecule has 1 aliphatic rings. The van der Waals surface area contributed by atoms with Crippen LogP contribution < -0.4 is 11.1 Å². The minimum Gasteiger partial charge on any atom is -0.404 e. The molecule has 1 aliphatic heterocycles. The molecule has 0 spiro atoms. The van der Waals surface area contributed by atoms with Crippen molar-refractivity contribution >= 4 is 28.1 Å². The lowest BCUT2D eigenvalue weighted by Gasteiger charge is -2.15. The third kappa shape index (κ3) is 2.43. The second-order valence-electron chi connectivity index (χ2n) is 4.91. The molecule has 0 amide bonds. The molecular formula is C16H17N5. The van der Waals surface area contributed by atoms with Crippen LogP contribution in [0.15, 0.2) is 36.7 Å². The molecule has 0 unspecified atom stereocenters. The summed E-state index contributed by atoms with van der Waals surface area (Å²) in [7, 11) is 0. The second kappa shape index (κ2) is 5.85. The lowest BCUT2D eigenvalue weighted by molar-refractivity contribution is 0.736. The Morgan fingerprint density at radius 3 is 2.95 bits per heavy atom. The number of nitrogens with zero attached hydrogens (tertiary/aromatic N) is 2. The van der Waals surface area contributed by atoms with Crippen molar-refractivity contribution in [1.29, 1.82) is 5.41 Å². The van der Waals surface area contributed by atoms with Crippen molar-refractivity contribution in [2.45, 2.75) is 6.42 Å². The minimum atomic E-state index is 0.679. The highest BCUT2D eigenvalue weighted by molar-refractivity contribution is 6.14. The van der Waals surface area contributed by atoms with E-state index in [1.54, 1.807) is 6.20 Å². The van der Waals surface area contributed by atoms with Gasteiger partial charge in [-0.05, 0) is 24.1 Å². The molecule has 2 heterocycles. The van der Waals surface area contributed by atoms with Gasteiger partial charge in [0.25, 0.3) is 0 Å². The smallest absolute Gasteiger partial charge is 0.0965 e. The van der Waals surface area contributed by atoms with Gasteiger partial charge >= 0.3 is 0 Å². The van der Waals surface area contributed by atoms with Gasteiger partial charge in [-0.1, -0.05) is 24.3 Å². The maximum Gasteiger partial charge on any atom is 0.0965 e. The first-order chi connectivity index (χ1) is 10.3. The zero-order valence-corrected chi connectivity index (χ0v) is 11.6. The Labute approximate surface area is 123 Å². The summed E-state index contributed by atoms with van der Waals surface area (Å²) in [6.45, 7) is 1.82. The van der Waals surface area contributed by atoms with E-state index in [0.29, 0.717) is 5.57 Å². The molecular weight excluding hydrogens is 262 g/mol. The van der Waals surface area contributed by atoms with Gasteiger partial charge in [0.05, 0.1) is 11.9 Å². The van der Waals surface area contributed by atoms with Crippen molar-refractivity contribution in [2.75, 3.05) is 13.1 Å². The fourth-order valence-electron chi connectivity index (χ4n) is 2.65. The van der Waals surface area contributed by atoms with E-state index >= 15 is 0 Å². The molecule has 0 saturated carbocycles. The van der Waals surface area contributed by atoms with E-state index in [-0.39, 0.29) is 0 Å². The zero-order valence-electron chi connectivity index (χ0n) is 11.6. The number of nitrogens with one attached hydrogen (secondary N) is 2. The molecule has 0 radical (unpaired) electrons. The first kappa shape index (κ1) is 13.5. The van der Waals surface area contributed by atoms with E-state index in [4.69, 9.17) is 11.1 Å². The predicted molar refractivity (Wildman–Crippen MR) is 85.9 cm³/mol. The number of benzene rings is 1. The van der Waals surface area contributed by atoms with Crippen molar-refractivity contribution in [2.24, 2.45) is 5.73 Å². The number of hydrogen-bond donors (Lipinski definition) is 3. The Hall–Kier alpha value is -2.53. The number of nitrogens with two attached hydrogens (primary N) is 1. The van der Waals surface area contributed by atoms with E-state index in [2.05, 4.69) is 21.6 Å². The summed E-state index contributed by atoms with van der Waals surface area (Å²) >= 11 is 0. The standard InChI is InChI=1S/C16H17N5/c17-8-12(9-18)13-2-1-3-14-15(13)10-20-21-16(14)11-4-6-19-7-5-11/h1-4,8-10,17,19H,5-7,18H2/b12-9+,17-8?. The average Bonchev–Trinajstić information content (AvgIpc) is 2.56. The number of allylic oxidation sites excluding steroid dienone is 1. The summed E-state index contributed by atoms with van der Waals surface area (Å²) in [5, 5.41) is 21.3. The fraction of sp³-hybridized carbons (Fsp3) is 0.188. The number of aromatic nitrogens is 2. The van der Waals surface area contributed by atoms with Crippen molar-refractivity contribution in [1.82, 2.24) is 15.5 Å². The van der Waals surface area contributed by atoms with E-state index in [9.17, 15) is 0 Å². The molecule has 0 saturated heterocycles. The van der Waals surface area contributed by atoms with E-state index in [1.807, 2.05) is 18.2 Å². The molecule has 21 heavy (non-hydrogen) atoms. The average molecular weight is 279 g/mol. The summed E-state index contributed by atoms with van der Waals surface area (Å²) < 4.78 is 0. The highest BCUT2D eigenvalue weighted by Crippen LogP contribution is 2.29. The number of hydrogen-bond acceptors (Lipinski definition) is 5. The highest BCUT2D eigenvalue weighted by Gasteiger charge is 2.13. The molecule has 0 atom stereocenters. The van der Waals surface area contributed by atoms with Gasteiger partial charge in [-0.15, -0.1) is 0 Å². The summed E-state index contributed by atoms with van der Waals surface area (Å²) in [6, 6.07) is 5.97. The predicted octanol–water partition coefficient (Wildman–Crippen LogP) is 1.96. The van der Waals surface area contributed by atoms with Gasteiger partial charge in [-0.3, -0.25) is 0 Å². The molecule has 106 valence electrons. The molecule has 3 rings (SSSR count). The van der Waals surface area contributed by atoms with E-state index in [1.165, 1.54) is 18.0 Å². The largest absolute Gasteiger partial charge is 0.404 e. The van der Waals surface area contributed by atoms with E-state index in [0.717, 1.165) is 41.5 Å². The zero-order chi connectivity index (χ0) is 14.7. The van der Waals surface area contributed by atoms with Crippen LogP contribution in [0.5, 0.6) is 0 Å². The lowest BCUT2D eigenvalue weighted by atomic mass is 9.96. The van der Waals surface area contributed by atoms with Gasteiger partial charge in [0, 0.05) is 35.3 Å². The minimum absolute atomic E-state index is 0.679. The molecule has 0 aliphatic carbocycles. The highest BCUT2D eigenvalue weighted by atomic mass is 15.1. The monoisotopic (exact) mass is 279 g/mol. The molecule has 5 heteroatoms. The molecule has 1 aromatic carbocycles. The first-order valence-corrected chi connectivity index (χ1v) is 6.92. The normalized spacial score (nSPS) is 15.8. The van der Waals surface area contributed by atoms with Gasteiger partial charge < -0.3 is 16.5 Å².